The van der Waals surface area contributed by atoms with E-state index in [4.69, 9.17) is 11.6 Å². The molecule has 1 N–H and O–H groups in total. The zero-order valence-corrected chi connectivity index (χ0v) is 13.9. The molecule has 2 heterocycles. The summed E-state index contributed by atoms with van der Waals surface area (Å²) >= 11 is 6.07. The van der Waals surface area contributed by atoms with Crippen LogP contribution in [0.1, 0.15) is 5.56 Å². The number of nitrogens with one attached hydrogen (secondary N) is 1. The van der Waals surface area contributed by atoms with Crippen LogP contribution in [-0.2, 0) is 0 Å². The molecule has 3 rings (SSSR count). The highest BCUT2D eigenvalue weighted by atomic mass is 35.5. The van der Waals surface area contributed by atoms with Crippen molar-refractivity contribution in [1.29, 1.82) is 0 Å². The Kier molecular flexibility index (Phi) is 5.28. The third kappa shape index (κ3) is 4.02. The number of benzene rings is 1. The van der Waals surface area contributed by atoms with Crippen LogP contribution in [0.4, 0.5) is 10.7 Å². The average molecular weight is 344 g/mol. The zero-order chi connectivity index (χ0) is 16.8. The predicted molar refractivity (Wildman–Crippen MR) is 94.8 cm³/mol. The van der Waals surface area contributed by atoms with E-state index in [0.717, 1.165) is 5.56 Å². The summed E-state index contributed by atoms with van der Waals surface area (Å²) in [6.45, 7) is 2.69. The molecule has 1 aliphatic heterocycles. The summed E-state index contributed by atoms with van der Waals surface area (Å²) in [7, 11) is 0. The Morgan fingerprint density at radius 3 is 2.50 bits per heavy atom. The SMILES string of the molecule is O=C(N/C=C/c1ccccc1Cl)N1CCN(c2ncccn2)CC1. The molecule has 0 unspecified atom stereocenters. The Labute approximate surface area is 145 Å². The first-order valence-corrected chi connectivity index (χ1v) is 8.10. The second-order valence-electron chi connectivity index (χ2n) is 5.33. The van der Waals surface area contributed by atoms with E-state index in [1.54, 1.807) is 35.6 Å². The van der Waals surface area contributed by atoms with Crippen LogP contribution < -0.4 is 10.2 Å². The highest BCUT2D eigenvalue weighted by molar-refractivity contribution is 6.32. The van der Waals surface area contributed by atoms with Gasteiger partial charge in [0.2, 0.25) is 5.95 Å². The van der Waals surface area contributed by atoms with E-state index in [2.05, 4.69) is 20.2 Å². The topological polar surface area (TPSA) is 61.4 Å². The molecule has 0 aliphatic carbocycles. The van der Waals surface area contributed by atoms with Crippen LogP contribution in [0.2, 0.25) is 5.02 Å². The van der Waals surface area contributed by atoms with Gasteiger partial charge < -0.3 is 15.1 Å². The highest BCUT2D eigenvalue weighted by Gasteiger charge is 2.21. The molecule has 1 saturated heterocycles. The van der Waals surface area contributed by atoms with Crippen LogP contribution in [0.15, 0.2) is 48.9 Å². The molecule has 0 bridgehead atoms. The van der Waals surface area contributed by atoms with E-state index in [1.807, 2.05) is 24.3 Å². The number of anilines is 1. The van der Waals surface area contributed by atoms with Crippen LogP contribution in [0.3, 0.4) is 0 Å². The van der Waals surface area contributed by atoms with Gasteiger partial charge in [0.15, 0.2) is 0 Å². The van der Waals surface area contributed by atoms with Gasteiger partial charge >= 0.3 is 6.03 Å². The zero-order valence-electron chi connectivity index (χ0n) is 13.1. The maximum atomic E-state index is 12.2. The van der Waals surface area contributed by atoms with Gasteiger partial charge in [-0.25, -0.2) is 14.8 Å². The van der Waals surface area contributed by atoms with Gasteiger partial charge in [0.1, 0.15) is 0 Å². The average Bonchev–Trinajstić information content (AvgIpc) is 2.64. The summed E-state index contributed by atoms with van der Waals surface area (Å²) in [5.41, 5.74) is 0.866. The van der Waals surface area contributed by atoms with Crippen LogP contribution in [0.5, 0.6) is 0 Å². The molecular formula is C17H18ClN5O. The Hall–Kier alpha value is -2.60. The van der Waals surface area contributed by atoms with Crippen molar-refractivity contribution in [3.8, 4) is 0 Å². The highest BCUT2D eigenvalue weighted by Crippen LogP contribution is 2.16. The van der Waals surface area contributed by atoms with Gasteiger partial charge in [0.25, 0.3) is 0 Å². The van der Waals surface area contributed by atoms with Gasteiger partial charge in [-0.05, 0) is 23.8 Å². The normalized spacial score (nSPS) is 14.9. The molecule has 0 spiro atoms. The maximum Gasteiger partial charge on any atom is 0.321 e. The summed E-state index contributed by atoms with van der Waals surface area (Å²) in [6.07, 6.45) is 6.85. The number of aromatic nitrogens is 2. The van der Waals surface area contributed by atoms with Crippen molar-refractivity contribution in [3.63, 3.8) is 0 Å². The maximum absolute atomic E-state index is 12.2. The number of carbonyl (C=O) groups is 1. The molecule has 2 aromatic rings. The van der Waals surface area contributed by atoms with E-state index < -0.39 is 0 Å². The minimum absolute atomic E-state index is 0.119. The largest absolute Gasteiger partial charge is 0.337 e. The van der Waals surface area contributed by atoms with Gasteiger partial charge in [-0.1, -0.05) is 29.8 Å². The van der Waals surface area contributed by atoms with Crippen molar-refractivity contribution in [2.75, 3.05) is 31.1 Å². The van der Waals surface area contributed by atoms with Crippen molar-refractivity contribution >= 4 is 29.7 Å². The van der Waals surface area contributed by atoms with Crippen molar-refractivity contribution in [1.82, 2.24) is 20.2 Å². The van der Waals surface area contributed by atoms with E-state index in [1.165, 1.54) is 0 Å². The summed E-state index contributed by atoms with van der Waals surface area (Å²) in [4.78, 5) is 24.5. The van der Waals surface area contributed by atoms with Crippen molar-refractivity contribution in [3.05, 3.63) is 59.5 Å². The Balaban J connectivity index is 1.50. The van der Waals surface area contributed by atoms with Crippen LogP contribution in [-0.4, -0.2) is 47.1 Å². The number of carbonyl (C=O) groups excluding carboxylic acids is 1. The predicted octanol–water partition coefficient (Wildman–Crippen LogP) is 2.63. The van der Waals surface area contributed by atoms with Gasteiger partial charge in [0.05, 0.1) is 0 Å². The van der Waals surface area contributed by atoms with Crippen molar-refractivity contribution in [2.24, 2.45) is 0 Å². The number of hydrogen-bond acceptors (Lipinski definition) is 4. The Morgan fingerprint density at radius 2 is 1.79 bits per heavy atom. The lowest BCUT2D eigenvalue weighted by Crippen LogP contribution is -2.51. The molecule has 124 valence electrons. The fourth-order valence-electron chi connectivity index (χ4n) is 2.47. The molecule has 1 aliphatic rings. The number of urea groups is 1. The standard InChI is InChI=1S/C17H18ClN5O/c18-15-5-2-1-4-14(15)6-9-21-17(24)23-12-10-22(11-13-23)16-19-7-3-8-20-16/h1-9H,10-13H2,(H,21,24)/b9-6+. The minimum Gasteiger partial charge on any atom is -0.337 e. The van der Waals surface area contributed by atoms with E-state index >= 15 is 0 Å². The molecule has 2 amide bonds. The monoisotopic (exact) mass is 343 g/mol. The van der Waals surface area contributed by atoms with Gasteiger partial charge in [-0.15, -0.1) is 0 Å². The molecule has 0 saturated carbocycles. The molecule has 7 heteroatoms. The molecule has 6 nitrogen and oxygen atoms in total. The number of nitrogens with zero attached hydrogens (tertiary/aromatic N) is 4. The van der Waals surface area contributed by atoms with E-state index in [9.17, 15) is 4.79 Å². The Morgan fingerprint density at radius 1 is 1.08 bits per heavy atom. The Bertz CT molecular complexity index is 714. The smallest absolute Gasteiger partial charge is 0.321 e. The first-order chi connectivity index (χ1) is 11.7. The molecule has 1 aromatic carbocycles. The number of rotatable bonds is 3. The van der Waals surface area contributed by atoms with Gasteiger partial charge in [-0.2, -0.15) is 0 Å². The molecule has 1 fully saturated rings. The summed E-state index contributed by atoms with van der Waals surface area (Å²) in [6, 6.07) is 9.15. The van der Waals surface area contributed by atoms with Crippen molar-refractivity contribution in [2.45, 2.75) is 0 Å². The fraction of sp³-hybridized carbons (Fsp3) is 0.235. The summed E-state index contributed by atoms with van der Waals surface area (Å²) < 4.78 is 0. The third-order valence-corrected chi connectivity index (χ3v) is 4.12. The number of hydrogen-bond donors (Lipinski definition) is 1. The first kappa shape index (κ1) is 16.3. The lowest BCUT2D eigenvalue weighted by molar-refractivity contribution is 0.198. The molecule has 1 aromatic heterocycles. The van der Waals surface area contributed by atoms with Crippen LogP contribution in [0.25, 0.3) is 6.08 Å². The summed E-state index contributed by atoms with van der Waals surface area (Å²) in [5, 5.41) is 3.43. The van der Waals surface area contributed by atoms with Crippen LogP contribution in [0, 0.1) is 0 Å². The number of halogens is 1. The first-order valence-electron chi connectivity index (χ1n) is 7.72. The third-order valence-electron chi connectivity index (χ3n) is 3.78. The number of amides is 2. The molecule has 0 radical (unpaired) electrons. The molecule has 0 atom stereocenters. The fourth-order valence-corrected chi connectivity index (χ4v) is 2.67. The number of piperazine rings is 1. The molecular weight excluding hydrogens is 326 g/mol. The van der Waals surface area contributed by atoms with E-state index in [0.29, 0.717) is 37.1 Å². The summed E-state index contributed by atoms with van der Waals surface area (Å²) in [5.74, 6) is 0.705. The van der Waals surface area contributed by atoms with Crippen LogP contribution >= 0.6 is 11.6 Å². The molecule has 24 heavy (non-hydrogen) atoms. The van der Waals surface area contributed by atoms with Crippen molar-refractivity contribution < 1.29 is 4.79 Å². The lowest BCUT2D eigenvalue weighted by Gasteiger charge is -2.34. The van der Waals surface area contributed by atoms with E-state index in [-0.39, 0.29) is 6.03 Å². The van der Waals surface area contributed by atoms with Gasteiger partial charge in [0, 0.05) is 49.8 Å². The second kappa shape index (κ2) is 7.79. The quantitative estimate of drug-likeness (QED) is 0.930. The van der Waals surface area contributed by atoms with Gasteiger partial charge in [-0.3, -0.25) is 0 Å². The lowest BCUT2D eigenvalue weighted by atomic mass is 10.2. The second-order valence-corrected chi connectivity index (χ2v) is 5.73. The minimum atomic E-state index is -0.119.